The third-order valence-electron chi connectivity index (χ3n) is 6.64. The maximum atomic E-state index is 16.0. The lowest BCUT2D eigenvalue weighted by molar-refractivity contribution is 0.0492. The number of halogens is 1. The fourth-order valence-corrected chi connectivity index (χ4v) is 4.78. The van der Waals surface area contributed by atoms with Gasteiger partial charge in [0.05, 0.1) is 36.2 Å². The van der Waals surface area contributed by atoms with Crippen molar-refractivity contribution >= 4 is 17.4 Å². The minimum Gasteiger partial charge on any atom is -0.494 e. The van der Waals surface area contributed by atoms with Gasteiger partial charge in [-0.15, -0.1) is 0 Å². The molecule has 12 nitrogen and oxygen atoms in total. The number of amides is 1. The van der Waals surface area contributed by atoms with Crippen LogP contribution >= 0.6 is 0 Å². The first-order valence-corrected chi connectivity index (χ1v) is 13.7. The molecule has 2 N–H and O–H groups in total. The quantitative estimate of drug-likeness (QED) is 0.212. The van der Waals surface area contributed by atoms with Crippen LogP contribution in [0.15, 0.2) is 41.1 Å². The van der Waals surface area contributed by atoms with Gasteiger partial charge in [-0.3, -0.25) is 14.5 Å². The molecular weight excluding hydrogens is 559 g/mol. The molecule has 43 heavy (non-hydrogen) atoms. The number of benzene rings is 1. The lowest BCUT2D eigenvalue weighted by Crippen LogP contribution is -2.15. The Kier molecular flexibility index (Phi) is 8.15. The number of nitrogens with two attached hydrogens (primary N) is 1. The zero-order valence-electron chi connectivity index (χ0n) is 24.4. The van der Waals surface area contributed by atoms with E-state index in [0.717, 1.165) is 11.3 Å². The van der Waals surface area contributed by atoms with Crippen molar-refractivity contribution in [3.8, 4) is 34.3 Å². The third-order valence-corrected chi connectivity index (χ3v) is 6.64. The highest BCUT2D eigenvalue weighted by molar-refractivity contribution is 6.01. The first kappa shape index (κ1) is 29.3. The third kappa shape index (κ3) is 5.41. The molecule has 0 saturated heterocycles. The molecule has 0 saturated carbocycles. The number of primary amides is 1. The molecule has 0 unspecified atom stereocenters. The van der Waals surface area contributed by atoms with E-state index in [9.17, 15) is 9.59 Å². The topological polar surface area (TPSA) is 149 Å². The van der Waals surface area contributed by atoms with E-state index >= 15 is 4.39 Å². The van der Waals surface area contributed by atoms with Gasteiger partial charge in [0.15, 0.2) is 17.3 Å². The lowest BCUT2D eigenvalue weighted by Gasteiger charge is -2.09. The average Bonchev–Trinajstić information content (AvgIpc) is 3.63. The highest BCUT2D eigenvalue weighted by Gasteiger charge is 2.33. The van der Waals surface area contributed by atoms with E-state index in [1.54, 1.807) is 25.5 Å². The molecule has 0 fully saturated rings. The Labute approximate surface area is 246 Å². The van der Waals surface area contributed by atoms with E-state index in [4.69, 9.17) is 24.4 Å². The molecule has 13 heteroatoms. The number of fused-ring (bicyclic) bond motifs is 1. The van der Waals surface area contributed by atoms with Crippen LogP contribution in [0.3, 0.4) is 0 Å². The highest BCUT2D eigenvalue weighted by Crippen LogP contribution is 2.40. The van der Waals surface area contributed by atoms with Crippen molar-refractivity contribution in [1.29, 1.82) is 0 Å². The second-order valence-electron chi connectivity index (χ2n) is 9.55. The van der Waals surface area contributed by atoms with Gasteiger partial charge in [-0.2, -0.15) is 5.10 Å². The summed E-state index contributed by atoms with van der Waals surface area (Å²) in [5, 5.41) is 4.56. The zero-order chi connectivity index (χ0) is 30.8. The van der Waals surface area contributed by atoms with Crippen molar-refractivity contribution in [1.82, 2.24) is 24.1 Å². The Morgan fingerprint density at radius 2 is 1.81 bits per heavy atom. The predicted molar refractivity (Wildman–Crippen MR) is 153 cm³/mol. The van der Waals surface area contributed by atoms with Gasteiger partial charge in [0.1, 0.15) is 29.4 Å². The van der Waals surface area contributed by atoms with Gasteiger partial charge in [-0.1, -0.05) is 12.1 Å². The molecule has 1 amide bonds. The minimum absolute atomic E-state index is 0.0308. The van der Waals surface area contributed by atoms with Crippen molar-refractivity contribution in [3.63, 3.8) is 0 Å². The van der Waals surface area contributed by atoms with Crippen LogP contribution in [0.5, 0.6) is 11.5 Å². The maximum absolute atomic E-state index is 16.0. The molecule has 1 aromatic carbocycles. The molecule has 4 heterocycles. The Morgan fingerprint density at radius 1 is 1.07 bits per heavy atom. The number of rotatable bonds is 11. The van der Waals surface area contributed by atoms with E-state index in [0.29, 0.717) is 36.0 Å². The Balaban J connectivity index is 1.65. The summed E-state index contributed by atoms with van der Waals surface area (Å²) in [6.45, 7) is 10.1. The van der Waals surface area contributed by atoms with Gasteiger partial charge in [-0.05, 0) is 52.3 Å². The zero-order valence-corrected chi connectivity index (χ0v) is 24.4. The monoisotopic (exact) mass is 590 g/mol. The maximum Gasteiger partial charge on any atom is 0.376 e. The number of nitrogens with zero attached hydrogens (tertiary/aromatic N) is 5. The van der Waals surface area contributed by atoms with Crippen LogP contribution in [-0.2, 0) is 17.9 Å². The van der Waals surface area contributed by atoms with Gasteiger partial charge in [0.2, 0.25) is 11.7 Å². The highest BCUT2D eigenvalue weighted by atomic mass is 19.1. The standard InChI is InChI=1S/C30H31FN6O6/c1-6-37-25(26(17(5)35-37)42-15-18-9-11-19(12-10-18)40-7-2)29-34-23(27(43-29)30(39)41-8-3)21-20-13-33-16(4)14-36(20)24(22(21)31)28(32)38/h9-14H,6-8,15H2,1-5H3,(H2,32,38). The fraction of sp³-hybridized carbons (Fsp3) is 0.300. The molecule has 0 aliphatic rings. The van der Waals surface area contributed by atoms with Crippen LogP contribution in [0.4, 0.5) is 4.39 Å². The number of hydrogen-bond donors (Lipinski definition) is 1. The largest absolute Gasteiger partial charge is 0.494 e. The van der Waals surface area contributed by atoms with Gasteiger partial charge in [0, 0.05) is 12.7 Å². The Morgan fingerprint density at radius 3 is 2.47 bits per heavy atom. The van der Waals surface area contributed by atoms with Gasteiger partial charge in [0.25, 0.3) is 5.91 Å². The summed E-state index contributed by atoms with van der Waals surface area (Å²) in [4.78, 5) is 34.2. The van der Waals surface area contributed by atoms with E-state index in [1.807, 2.05) is 38.1 Å². The van der Waals surface area contributed by atoms with Crippen LogP contribution in [-0.4, -0.2) is 49.2 Å². The number of ether oxygens (including phenoxy) is 3. The molecule has 0 spiro atoms. The first-order chi connectivity index (χ1) is 20.7. The van der Waals surface area contributed by atoms with E-state index in [-0.39, 0.29) is 41.6 Å². The van der Waals surface area contributed by atoms with Crippen molar-refractivity contribution in [2.75, 3.05) is 13.2 Å². The second-order valence-corrected chi connectivity index (χ2v) is 9.55. The number of hydrogen-bond acceptors (Lipinski definition) is 9. The predicted octanol–water partition coefficient (Wildman–Crippen LogP) is 4.88. The van der Waals surface area contributed by atoms with Crippen LogP contribution in [0.1, 0.15) is 58.8 Å². The first-order valence-electron chi connectivity index (χ1n) is 13.7. The number of aryl methyl sites for hydroxylation is 3. The summed E-state index contributed by atoms with van der Waals surface area (Å²) >= 11 is 0. The summed E-state index contributed by atoms with van der Waals surface area (Å²) in [6.07, 6.45) is 2.84. The molecule has 5 rings (SSSR count). The van der Waals surface area contributed by atoms with Crippen molar-refractivity contribution in [2.24, 2.45) is 5.73 Å². The summed E-state index contributed by atoms with van der Waals surface area (Å²) in [7, 11) is 0. The molecule has 4 aromatic heterocycles. The molecule has 0 bridgehead atoms. The second kappa shape index (κ2) is 12.0. The number of carbonyl (C=O) groups excluding carboxylic acids is 2. The number of esters is 1. The van der Waals surface area contributed by atoms with Crippen LogP contribution in [0.2, 0.25) is 0 Å². The summed E-state index contributed by atoms with van der Waals surface area (Å²) < 4.78 is 41.8. The van der Waals surface area contributed by atoms with E-state index in [2.05, 4.69) is 15.1 Å². The van der Waals surface area contributed by atoms with Crippen molar-refractivity contribution in [2.45, 2.75) is 47.8 Å². The van der Waals surface area contributed by atoms with E-state index in [1.165, 1.54) is 16.8 Å². The van der Waals surface area contributed by atoms with Gasteiger partial charge >= 0.3 is 5.97 Å². The molecule has 5 aromatic rings. The van der Waals surface area contributed by atoms with Crippen molar-refractivity contribution in [3.05, 3.63) is 70.9 Å². The molecule has 0 aliphatic carbocycles. The fourth-order valence-electron chi connectivity index (χ4n) is 4.78. The number of carbonyl (C=O) groups is 2. The average molecular weight is 591 g/mol. The lowest BCUT2D eigenvalue weighted by atomic mass is 10.1. The smallest absolute Gasteiger partial charge is 0.376 e. The molecular formula is C30H31FN6O6. The normalized spacial score (nSPS) is 11.2. The summed E-state index contributed by atoms with van der Waals surface area (Å²) in [5.41, 5.74) is 7.21. The Hall–Kier alpha value is -5.20. The summed E-state index contributed by atoms with van der Waals surface area (Å²) in [5.74, 6) is -2.15. The Bertz CT molecular complexity index is 1820. The molecule has 0 radical (unpaired) electrons. The SMILES string of the molecule is CCOC(=O)c1oc(-c2c(OCc3ccc(OCC)cc3)c(C)nn2CC)nc1-c1c(F)c(C(N)=O)n2cc(C)ncc12. The molecule has 224 valence electrons. The van der Waals surface area contributed by atoms with E-state index < -0.39 is 23.4 Å². The van der Waals surface area contributed by atoms with Crippen LogP contribution < -0.4 is 15.2 Å². The number of oxazole rings is 1. The molecule has 0 atom stereocenters. The van der Waals surface area contributed by atoms with Gasteiger partial charge in [-0.25, -0.2) is 14.2 Å². The number of aromatic nitrogens is 5. The van der Waals surface area contributed by atoms with Crippen LogP contribution in [0, 0.1) is 19.7 Å². The minimum atomic E-state index is -1.00. The van der Waals surface area contributed by atoms with Crippen molar-refractivity contribution < 1.29 is 32.6 Å². The summed E-state index contributed by atoms with van der Waals surface area (Å²) in [6, 6.07) is 7.48. The van der Waals surface area contributed by atoms with Gasteiger partial charge < -0.3 is 28.8 Å². The van der Waals surface area contributed by atoms with Crippen LogP contribution in [0.25, 0.3) is 28.4 Å². The molecule has 0 aliphatic heterocycles.